The third-order valence-electron chi connectivity index (χ3n) is 2.67. The van der Waals surface area contributed by atoms with Crippen molar-refractivity contribution in [2.24, 2.45) is 0 Å². The first-order chi connectivity index (χ1) is 8.61. The predicted molar refractivity (Wildman–Crippen MR) is 72.6 cm³/mol. The Balaban J connectivity index is 3.30. The summed E-state index contributed by atoms with van der Waals surface area (Å²) < 4.78 is 0. The Morgan fingerprint density at radius 2 is 1.95 bits per heavy atom. The number of aliphatic carboxylic acids is 1. The second-order valence-electron chi connectivity index (χ2n) is 5.43. The lowest BCUT2D eigenvalue weighted by molar-refractivity contribution is -0.384. The topological polar surface area (TPSA) is 83.7 Å². The summed E-state index contributed by atoms with van der Waals surface area (Å²) in [6, 6.07) is 4.62. The van der Waals surface area contributed by atoms with Gasteiger partial charge in [-0.2, -0.15) is 0 Å². The molecule has 6 heteroatoms. The number of rotatable bonds is 4. The Labute approximate surface area is 111 Å². The van der Waals surface area contributed by atoms with E-state index in [1.807, 2.05) is 20.8 Å². The fourth-order valence-electron chi connectivity index (χ4n) is 1.86. The minimum atomic E-state index is -0.973. The van der Waals surface area contributed by atoms with E-state index in [1.54, 1.807) is 17.9 Å². The van der Waals surface area contributed by atoms with E-state index in [4.69, 9.17) is 5.11 Å². The molecule has 1 aromatic rings. The van der Waals surface area contributed by atoms with Crippen LogP contribution in [0.25, 0.3) is 0 Å². The fourth-order valence-corrected chi connectivity index (χ4v) is 1.86. The summed E-state index contributed by atoms with van der Waals surface area (Å²) in [5.74, 6) is -0.973. The highest BCUT2D eigenvalue weighted by atomic mass is 16.6. The van der Waals surface area contributed by atoms with Gasteiger partial charge in [0.05, 0.1) is 4.92 Å². The van der Waals surface area contributed by atoms with Crippen molar-refractivity contribution in [1.82, 2.24) is 0 Å². The van der Waals surface area contributed by atoms with Gasteiger partial charge in [-0.15, -0.1) is 0 Å². The minimum absolute atomic E-state index is 0.0327. The van der Waals surface area contributed by atoms with Crippen molar-refractivity contribution in [2.75, 3.05) is 11.4 Å². The summed E-state index contributed by atoms with van der Waals surface area (Å²) in [5, 5.41) is 19.9. The number of nitrogens with zero attached hydrogens (tertiary/aromatic N) is 2. The van der Waals surface area contributed by atoms with Crippen molar-refractivity contribution in [3.05, 3.63) is 33.9 Å². The zero-order valence-corrected chi connectivity index (χ0v) is 11.5. The van der Waals surface area contributed by atoms with Gasteiger partial charge in [-0.3, -0.25) is 14.9 Å². The number of aryl methyl sites for hydroxylation is 1. The van der Waals surface area contributed by atoms with Crippen molar-refractivity contribution in [1.29, 1.82) is 0 Å². The van der Waals surface area contributed by atoms with Crippen molar-refractivity contribution >= 4 is 17.3 Å². The average molecular weight is 266 g/mol. The molecule has 0 fully saturated rings. The van der Waals surface area contributed by atoms with Gasteiger partial charge in [-0.05, 0) is 39.3 Å². The van der Waals surface area contributed by atoms with Crippen LogP contribution in [0, 0.1) is 17.0 Å². The molecule has 0 aliphatic heterocycles. The number of non-ortho nitro benzene ring substituents is 1. The van der Waals surface area contributed by atoms with Crippen LogP contribution < -0.4 is 4.90 Å². The van der Waals surface area contributed by atoms with Crippen LogP contribution in [0.15, 0.2) is 18.2 Å². The molecular weight excluding hydrogens is 248 g/mol. The van der Waals surface area contributed by atoms with Gasteiger partial charge >= 0.3 is 5.97 Å². The van der Waals surface area contributed by atoms with Crippen LogP contribution >= 0.6 is 0 Å². The molecule has 0 bridgehead atoms. The molecule has 0 radical (unpaired) electrons. The maximum Gasteiger partial charge on any atom is 0.323 e. The van der Waals surface area contributed by atoms with Gasteiger partial charge in [0.25, 0.3) is 5.69 Å². The molecule has 0 saturated heterocycles. The Morgan fingerprint density at radius 1 is 1.37 bits per heavy atom. The van der Waals surface area contributed by atoms with Crippen LogP contribution in [0.2, 0.25) is 0 Å². The van der Waals surface area contributed by atoms with Crippen molar-refractivity contribution < 1.29 is 14.8 Å². The summed E-state index contributed by atoms with van der Waals surface area (Å²) in [6.07, 6.45) is 0. The van der Waals surface area contributed by atoms with Crippen LogP contribution in [0.3, 0.4) is 0 Å². The van der Waals surface area contributed by atoms with Crippen LogP contribution in [-0.2, 0) is 4.79 Å². The number of nitro benzene ring substituents is 1. The monoisotopic (exact) mass is 266 g/mol. The quantitative estimate of drug-likeness (QED) is 0.669. The summed E-state index contributed by atoms with van der Waals surface area (Å²) in [7, 11) is 0. The normalized spacial score (nSPS) is 11.2. The van der Waals surface area contributed by atoms with Crippen molar-refractivity contribution in [3.8, 4) is 0 Å². The second-order valence-corrected chi connectivity index (χ2v) is 5.43. The van der Waals surface area contributed by atoms with Gasteiger partial charge in [0.15, 0.2) is 0 Å². The lowest BCUT2D eigenvalue weighted by atomic mass is 10.0. The van der Waals surface area contributed by atoms with Crippen molar-refractivity contribution in [3.63, 3.8) is 0 Å². The highest BCUT2D eigenvalue weighted by molar-refractivity contribution is 5.75. The first-order valence-corrected chi connectivity index (χ1v) is 5.87. The maximum absolute atomic E-state index is 11.0. The number of carbonyl (C=O) groups is 1. The second kappa shape index (κ2) is 5.26. The van der Waals surface area contributed by atoms with Gasteiger partial charge in [0.1, 0.15) is 6.54 Å². The van der Waals surface area contributed by atoms with E-state index in [2.05, 4.69) is 0 Å². The van der Waals surface area contributed by atoms with Gasteiger partial charge in [0, 0.05) is 23.4 Å². The van der Waals surface area contributed by atoms with E-state index in [1.165, 1.54) is 12.1 Å². The molecule has 1 aromatic carbocycles. The molecule has 0 aliphatic carbocycles. The van der Waals surface area contributed by atoms with E-state index in [0.717, 1.165) is 5.56 Å². The summed E-state index contributed by atoms with van der Waals surface area (Å²) in [6.45, 7) is 7.14. The molecule has 19 heavy (non-hydrogen) atoms. The highest BCUT2D eigenvalue weighted by Gasteiger charge is 2.25. The lowest BCUT2D eigenvalue weighted by Crippen LogP contribution is -2.44. The van der Waals surface area contributed by atoms with Gasteiger partial charge < -0.3 is 10.0 Å². The van der Waals surface area contributed by atoms with Crippen LogP contribution in [0.1, 0.15) is 26.3 Å². The largest absolute Gasteiger partial charge is 0.480 e. The maximum atomic E-state index is 11.0. The van der Waals surface area contributed by atoms with Crippen LogP contribution in [0.4, 0.5) is 11.4 Å². The molecular formula is C13H18N2O4. The van der Waals surface area contributed by atoms with Crippen LogP contribution in [-0.4, -0.2) is 28.1 Å². The van der Waals surface area contributed by atoms with Crippen molar-refractivity contribution in [2.45, 2.75) is 33.2 Å². The first-order valence-electron chi connectivity index (χ1n) is 5.87. The van der Waals surface area contributed by atoms with Gasteiger partial charge in [-0.1, -0.05) is 0 Å². The lowest BCUT2D eigenvalue weighted by Gasteiger charge is -2.36. The number of nitro groups is 1. The van der Waals surface area contributed by atoms with Gasteiger partial charge in [0.2, 0.25) is 0 Å². The standard InChI is InChI=1S/C13H18N2O4/c1-9-5-10(7-11(6-9)15(18)19)14(8-12(16)17)13(2,3)4/h5-7H,8H2,1-4H3,(H,16,17). The van der Waals surface area contributed by atoms with E-state index in [9.17, 15) is 14.9 Å². The Morgan fingerprint density at radius 3 is 2.37 bits per heavy atom. The summed E-state index contributed by atoms with van der Waals surface area (Å²) in [5.41, 5.74) is 0.792. The molecule has 104 valence electrons. The zero-order chi connectivity index (χ0) is 14.8. The molecule has 0 unspecified atom stereocenters. The minimum Gasteiger partial charge on any atom is -0.480 e. The molecule has 6 nitrogen and oxygen atoms in total. The average Bonchev–Trinajstić information content (AvgIpc) is 2.23. The van der Waals surface area contributed by atoms with E-state index in [-0.39, 0.29) is 12.2 Å². The smallest absolute Gasteiger partial charge is 0.323 e. The molecule has 0 heterocycles. The fraction of sp³-hybridized carbons (Fsp3) is 0.462. The third-order valence-corrected chi connectivity index (χ3v) is 2.67. The molecule has 0 amide bonds. The van der Waals surface area contributed by atoms with E-state index in [0.29, 0.717) is 5.69 Å². The number of anilines is 1. The van der Waals surface area contributed by atoms with E-state index < -0.39 is 16.4 Å². The van der Waals surface area contributed by atoms with E-state index >= 15 is 0 Å². The number of hydrogen-bond acceptors (Lipinski definition) is 4. The molecule has 1 N–H and O–H groups in total. The molecule has 0 spiro atoms. The molecule has 0 aliphatic rings. The third kappa shape index (κ3) is 3.94. The molecule has 0 aromatic heterocycles. The summed E-state index contributed by atoms with van der Waals surface area (Å²) >= 11 is 0. The Bertz CT molecular complexity index is 506. The number of carboxylic acid groups (broad SMARTS) is 1. The number of benzene rings is 1. The molecule has 0 saturated carbocycles. The highest BCUT2D eigenvalue weighted by Crippen LogP contribution is 2.28. The number of hydrogen-bond donors (Lipinski definition) is 1. The predicted octanol–water partition coefficient (Wildman–Crippen LogP) is 2.59. The summed E-state index contributed by atoms with van der Waals surface area (Å²) in [4.78, 5) is 23.0. The Hall–Kier alpha value is -2.11. The SMILES string of the molecule is Cc1cc(N(CC(=O)O)C(C)(C)C)cc([N+](=O)[O-])c1. The zero-order valence-electron chi connectivity index (χ0n) is 11.5. The van der Waals surface area contributed by atoms with Crippen LogP contribution in [0.5, 0.6) is 0 Å². The van der Waals surface area contributed by atoms with Gasteiger partial charge in [-0.25, -0.2) is 0 Å². The Kier molecular flexibility index (Phi) is 4.14. The molecule has 1 rings (SSSR count). The molecule has 0 atom stereocenters. The first kappa shape index (κ1) is 14.9. The number of carboxylic acids is 1.